The number of hydrogen-bond acceptors (Lipinski definition) is 9. The predicted molar refractivity (Wildman–Crippen MR) is 99.7 cm³/mol. The van der Waals surface area contributed by atoms with E-state index in [0.717, 1.165) is 0 Å². The fourth-order valence-electron chi connectivity index (χ4n) is 4.02. The van der Waals surface area contributed by atoms with Gasteiger partial charge >= 0.3 is 0 Å². The van der Waals surface area contributed by atoms with Crippen LogP contribution in [-0.2, 0) is 22.3 Å². The monoisotopic (exact) mass is 412 g/mol. The summed E-state index contributed by atoms with van der Waals surface area (Å²) in [6, 6.07) is 0. The van der Waals surface area contributed by atoms with E-state index in [9.17, 15) is 35.4 Å². The molecule has 0 amide bonds. The Morgan fingerprint density at radius 1 is 1.10 bits per heavy atom. The van der Waals surface area contributed by atoms with Crippen molar-refractivity contribution in [3.05, 3.63) is 22.3 Å². The van der Waals surface area contributed by atoms with Crippen molar-refractivity contribution >= 4 is 5.78 Å². The van der Waals surface area contributed by atoms with E-state index in [1.54, 1.807) is 20.8 Å². The van der Waals surface area contributed by atoms with Gasteiger partial charge in [0.25, 0.3) is 0 Å². The van der Waals surface area contributed by atoms with Crippen LogP contribution in [0.15, 0.2) is 0 Å². The lowest BCUT2D eigenvalue weighted by atomic mass is 9.89. The van der Waals surface area contributed by atoms with Gasteiger partial charge < -0.3 is 40.1 Å². The Kier molecular flexibility index (Phi) is 5.92. The molecule has 0 saturated carbocycles. The molecule has 5 atom stereocenters. The highest BCUT2D eigenvalue weighted by molar-refractivity contribution is 6.07. The number of ketones is 1. The van der Waals surface area contributed by atoms with E-state index in [4.69, 9.17) is 9.47 Å². The molecule has 1 aromatic carbocycles. The van der Waals surface area contributed by atoms with Crippen LogP contribution in [-0.4, -0.2) is 80.3 Å². The second-order valence-corrected chi connectivity index (χ2v) is 8.36. The van der Waals surface area contributed by atoms with Crippen molar-refractivity contribution in [1.82, 2.24) is 0 Å². The number of aromatic hydroxyl groups is 2. The number of carbonyl (C=O) groups is 1. The Labute approximate surface area is 168 Å². The standard InChI is InChI=1S/C20H28O9/c1-8-9(14(23)12-10(13(8)22)6-20(2,3)18(12)27)4-5-28-19-17(26)16(25)15(24)11(7-21)29-19/h11,15-17,19,21-26H,4-7H2,1-3H3/t11-,15-,16+,17-,19-/m1/s1. The number of phenolic OH excluding ortho intramolecular Hbond substituents is 2. The topological polar surface area (TPSA) is 157 Å². The van der Waals surface area contributed by atoms with Crippen molar-refractivity contribution in [2.24, 2.45) is 5.41 Å². The van der Waals surface area contributed by atoms with Gasteiger partial charge in [0.15, 0.2) is 12.1 Å². The smallest absolute Gasteiger partial charge is 0.186 e. The van der Waals surface area contributed by atoms with Crippen molar-refractivity contribution in [1.29, 1.82) is 0 Å². The minimum atomic E-state index is -1.55. The third-order valence-corrected chi connectivity index (χ3v) is 5.86. The molecule has 1 aromatic rings. The average Bonchev–Trinajstić information content (AvgIpc) is 2.92. The Balaban J connectivity index is 1.76. The molecule has 1 aliphatic heterocycles. The Morgan fingerprint density at radius 3 is 2.38 bits per heavy atom. The van der Waals surface area contributed by atoms with Crippen LogP contribution >= 0.6 is 0 Å². The SMILES string of the molecule is Cc1c(O)c2c(c(O)c1CCO[C@@H]1O[C@H](CO)[C@@H](O)[C@H](O)[C@H]1O)C(=O)C(C)(C)C2. The molecule has 9 nitrogen and oxygen atoms in total. The number of benzene rings is 1. The molecule has 9 heteroatoms. The summed E-state index contributed by atoms with van der Waals surface area (Å²) in [4.78, 5) is 12.6. The van der Waals surface area contributed by atoms with Crippen LogP contribution in [0, 0.1) is 12.3 Å². The Bertz CT molecular complexity index is 802. The highest BCUT2D eigenvalue weighted by Crippen LogP contribution is 2.47. The van der Waals surface area contributed by atoms with Gasteiger partial charge in [0, 0.05) is 16.5 Å². The molecule has 0 radical (unpaired) electrons. The largest absolute Gasteiger partial charge is 0.507 e. The summed E-state index contributed by atoms with van der Waals surface area (Å²) in [5.74, 6) is -0.459. The van der Waals surface area contributed by atoms with E-state index >= 15 is 0 Å². The van der Waals surface area contributed by atoms with Gasteiger partial charge in [-0.15, -0.1) is 0 Å². The molecule has 6 N–H and O–H groups in total. The van der Waals surface area contributed by atoms with E-state index in [1.807, 2.05) is 0 Å². The van der Waals surface area contributed by atoms with Crippen molar-refractivity contribution in [3.63, 3.8) is 0 Å². The lowest BCUT2D eigenvalue weighted by Gasteiger charge is -2.39. The van der Waals surface area contributed by atoms with Crippen LogP contribution in [0.1, 0.15) is 40.9 Å². The fourth-order valence-corrected chi connectivity index (χ4v) is 4.02. The minimum Gasteiger partial charge on any atom is -0.507 e. The van der Waals surface area contributed by atoms with Crippen molar-refractivity contribution in [2.75, 3.05) is 13.2 Å². The first kappa shape index (κ1) is 21.9. The third kappa shape index (κ3) is 3.63. The van der Waals surface area contributed by atoms with E-state index in [1.165, 1.54) is 0 Å². The molecule has 1 fully saturated rings. The van der Waals surface area contributed by atoms with Gasteiger partial charge in [-0.1, -0.05) is 13.8 Å². The highest BCUT2D eigenvalue weighted by atomic mass is 16.7. The maximum atomic E-state index is 12.6. The number of Topliss-reactive ketones (excluding diaryl/α,β-unsaturated/α-hetero) is 1. The predicted octanol–water partition coefficient (Wildman–Crippen LogP) is -0.470. The van der Waals surface area contributed by atoms with Gasteiger partial charge in [-0.3, -0.25) is 4.79 Å². The van der Waals surface area contributed by atoms with Crippen LogP contribution in [0.3, 0.4) is 0 Å². The summed E-state index contributed by atoms with van der Waals surface area (Å²) in [5, 5.41) is 60.1. The van der Waals surface area contributed by atoms with Crippen molar-refractivity contribution in [3.8, 4) is 11.5 Å². The summed E-state index contributed by atoms with van der Waals surface area (Å²) in [6.07, 6.45) is -6.51. The highest BCUT2D eigenvalue weighted by Gasteiger charge is 2.44. The first-order valence-corrected chi connectivity index (χ1v) is 9.54. The summed E-state index contributed by atoms with van der Waals surface area (Å²) in [6.45, 7) is 4.50. The maximum Gasteiger partial charge on any atom is 0.186 e. The van der Waals surface area contributed by atoms with Crippen LogP contribution in [0.4, 0.5) is 0 Å². The summed E-state index contributed by atoms with van der Waals surface area (Å²) in [7, 11) is 0. The van der Waals surface area contributed by atoms with Gasteiger partial charge in [0.2, 0.25) is 0 Å². The van der Waals surface area contributed by atoms with Gasteiger partial charge in [0.05, 0.1) is 18.8 Å². The summed E-state index contributed by atoms with van der Waals surface area (Å²) < 4.78 is 10.7. The molecule has 2 aliphatic rings. The number of ether oxygens (including phenoxy) is 2. The van der Waals surface area contributed by atoms with E-state index in [2.05, 4.69) is 0 Å². The molecule has 0 unspecified atom stereocenters. The van der Waals surface area contributed by atoms with Crippen LogP contribution < -0.4 is 0 Å². The number of aliphatic hydroxyl groups is 4. The van der Waals surface area contributed by atoms with Gasteiger partial charge in [0.1, 0.15) is 35.9 Å². The molecule has 3 rings (SSSR count). The average molecular weight is 412 g/mol. The zero-order valence-electron chi connectivity index (χ0n) is 16.6. The molecule has 29 heavy (non-hydrogen) atoms. The molecule has 0 spiro atoms. The zero-order valence-corrected chi connectivity index (χ0v) is 16.6. The molecule has 0 bridgehead atoms. The summed E-state index contributed by atoms with van der Waals surface area (Å²) in [5.41, 5.74) is 0.630. The Morgan fingerprint density at radius 2 is 1.76 bits per heavy atom. The minimum absolute atomic E-state index is 0.0282. The molecular weight excluding hydrogens is 384 g/mol. The molecule has 162 valence electrons. The number of hydrogen-bond donors (Lipinski definition) is 6. The van der Waals surface area contributed by atoms with E-state index in [-0.39, 0.29) is 35.9 Å². The van der Waals surface area contributed by atoms with Gasteiger partial charge in [-0.2, -0.15) is 0 Å². The third-order valence-electron chi connectivity index (χ3n) is 5.86. The quantitative estimate of drug-likeness (QED) is 0.352. The molecule has 1 aliphatic carbocycles. The van der Waals surface area contributed by atoms with E-state index in [0.29, 0.717) is 23.1 Å². The second-order valence-electron chi connectivity index (χ2n) is 8.36. The molecular formula is C20H28O9. The number of aliphatic hydroxyl groups excluding tert-OH is 4. The summed E-state index contributed by atoms with van der Waals surface area (Å²) >= 11 is 0. The first-order chi connectivity index (χ1) is 13.5. The van der Waals surface area contributed by atoms with Crippen LogP contribution in [0.5, 0.6) is 11.5 Å². The number of carbonyl (C=O) groups excluding carboxylic acids is 1. The van der Waals surface area contributed by atoms with Crippen molar-refractivity contribution < 1.29 is 44.9 Å². The second kappa shape index (κ2) is 7.82. The Hall–Kier alpha value is -1.75. The van der Waals surface area contributed by atoms with E-state index < -0.39 is 42.7 Å². The van der Waals surface area contributed by atoms with Gasteiger partial charge in [-0.05, 0) is 25.3 Å². The molecule has 0 aromatic heterocycles. The van der Waals surface area contributed by atoms with Crippen LogP contribution in [0.2, 0.25) is 0 Å². The number of fused-ring (bicyclic) bond motifs is 1. The zero-order chi connectivity index (χ0) is 21.7. The van der Waals surface area contributed by atoms with Gasteiger partial charge in [-0.25, -0.2) is 0 Å². The first-order valence-electron chi connectivity index (χ1n) is 9.54. The lowest BCUT2D eigenvalue weighted by Crippen LogP contribution is -2.59. The molecule has 1 saturated heterocycles. The molecule has 1 heterocycles. The van der Waals surface area contributed by atoms with Crippen molar-refractivity contribution in [2.45, 2.75) is 64.3 Å². The maximum absolute atomic E-state index is 12.6. The lowest BCUT2D eigenvalue weighted by molar-refractivity contribution is -0.300. The fraction of sp³-hybridized carbons (Fsp3) is 0.650. The number of rotatable bonds is 5. The normalized spacial score (nSPS) is 31.1. The number of phenols is 2. The van der Waals surface area contributed by atoms with Crippen LogP contribution in [0.25, 0.3) is 0 Å².